The van der Waals surface area contributed by atoms with Crippen LogP contribution in [0.5, 0.6) is 0 Å². The normalized spacial score (nSPS) is 11.0. The number of anilines is 1. The molecule has 0 aliphatic heterocycles. The molecule has 5 heteroatoms. The summed E-state index contributed by atoms with van der Waals surface area (Å²) in [6.07, 6.45) is -4.34. The van der Waals surface area contributed by atoms with Crippen LogP contribution >= 0.6 is 0 Å². The van der Waals surface area contributed by atoms with Crippen molar-refractivity contribution in [2.75, 3.05) is 11.9 Å². The van der Waals surface area contributed by atoms with E-state index in [1.165, 1.54) is 6.07 Å². The molecular weight excluding hydrogens is 277 g/mol. The molecule has 21 heavy (non-hydrogen) atoms. The van der Waals surface area contributed by atoms with Crippen LogP contribution in [0, 0.1) is 11.3 Å². The number of halogens is 3. The Morgan fingerprint density at radius 1 is 1.10 bits per heavy atom. The third kappa shape index (κ3) is 3.76. The van der Waals surface area contributed by atoms with E-state index in [0.717, 1.165) is 17.8 Å². The van der Waals surface area contributed by atoms with Crippen LogP contribution in [0.1, 0.15) is 16.7 Å². The maximum atomic E-state index is 12.7. The van der Waals surface area contributed by atoms with Crippen LogP contribution in [-0.2, 0) is 12.7 Å². The quantitative estimate of drug-likeness (QED) is 0.846. The van der Waals surface area contributed by atoms with Crippen molar-refractivity contribution in [2.24, 2.45) is 0 Å². The van der Waals surface area contributed by atoms with Gasteiger partial charge in [0.1, 0.15) is 0 Å². The van der Waals surface area contributed by atoms with Gasteiger partial charge in [-0.3, -0.25) is 0 Å². The van der Waals surface area contributed by atoms with Gasteiger partial charge in [0.25, 0.3) is 0 Å². The minimum absolute atomic E-state index is 0.332. The first kappa shape index (κ1) is 14.9. The highest BCUT2D eigenvalue weighted by Gasteiger charge is 2.30. The Kier molecular flexibility index (Phi) is 4.18. The zero-order chi connectivity index (χ0) is 15.5. The van der Waals surface area contributed by atoms with Gasteiger partial charge in [-0.2, -0.15) is 18.4 Å². The van der Waals surface area contributed by atoms with Crippen molar-refractivity contribution in [3.05, 3.63) is 65.2 Å². The van der Waals surface area contributed by atoms with Crippen molar-refractivity contribution in [1.82, 2.24) is 0 Å². The van der Waals surface area contributed by atoms with Gasteiger partial charge < -0.3 is 4.90 Å². The average molecular weight is 290 g/mol. The van der Waals surface area contributed by atoms with Gasteiger partial charge in [-0.15, -0.1) is 0 Å². The molecule has 0 heterocycles. The first-order valence-corrected chi connectivity index (χ1v) is 6.27. The maximum Gasteiger partial charge on any atom is 0.416 e. The van der Waals surface area contributed by atoms with Gasteiger partial charge in [0.2, 0.25) is 0 Å². The SMILES string of the molecule is CN(Cc1cccc(C(F)(F)F)c1)c1cccc(C#N)c1. The van der Waals surface area contributed by atoms with Crippen molar-refractivity contribution in [3.63, 3.8) is 0 Å². The predicted octanol–water partition coefficient (Wildman–Crippen LogP) is 4.21. The lowest BCUT2D eigenvalue weighted by atomic mass is 10.1. The number of nitriles is 1. The van der Waals surface area contributed by atoms with Crippen LogP contribution in [0.3, 0.4) is 0 Å². The molecule has 0 aliphatic carbocycles. The second-order valence-electron chi connectivity index (χ2n) is 4.72. The summed E-state index contributed by atoms with van der Waals surface area (Å²) < 4.78 is 38.0. The van der Waals surface area contributed by atoms with Crippen molar-refractivity contribution in [2.45, 2.75) is 12.7 Å². The van der Waals surface area contributed by atoms with Crippen LogP contribution in [-0.4, -0.2) is 7.05 Å². The molecule has 0 fully saturated rings. The molecular formula is C16H13F3N2. The number of nitrogens with zero attached hydrogens (tertiary/aromatic N) is 2. The smallest absolute Gasteiger partial charge is 0.370 e. The molecule has 0 spiro atoms. The molecule has 0 bridgehead atoms. The second-order valence-corrected chi connectivity index (χ2v) is 4.72. The first-order valence-electron chi connectivity index (χ1n) is 6.27. The monoisotopic (exact) mass is 290 g/mol. The summed E-state index contributed by atoms with van der Waals surface area (Å²) in [5.41, 5.74) is 1.21. The molecule has 0 amide bonds. The van der Waals surface area contributed by atoms with Crippen LogP contribution in [0.2, 0.25) is 0 Å². The second kappa shape index (κ2) is 5.88. The standard InChI is InChI=1S/C16H13F3N2/c1-21(15-7-3-4-12(9-15)10-20)11-13-5-2-6-14(8-13)16(17,18)19/h2-9H,11H2,1H3. The van der Waals surface area contributed by atoms with Crippen molar-refractivity contribution in [3.8, 4) is 6.07 Å². The molecule has 0 saturated heterocycles. The van der Waals surface area contributed by atoms with E-state index >= 15 is 0 Å². The molecule has 0 atom stereocenters. The van der Waals surface area contributed by atoms with Crippen molar-refractivity contribution >= 4 is 5.69 Å². The average Bonchev–Trinajstić information content (AvgIpc) is 2.46. The molecule has 2 aromatic rings. The number of hydrogen-bond donors (Lipinski definition) is 0. The van der Waals surface area contributed by atoms with E-state index in [1.54, 1.807) is 36.2 Å². The van der Waals surface area contributed by atoms with Crippen molar-refractivity contribution < 1.29 is 13.2 Å². The molecule has 0 radical (unpaired) electrons. The highest BCUT2D eigenvalue weighted by Crippen LogP contribution is 2.30. The molecule has 2 nitrogen and oxygen atoms in total. The van der Waals surface area contributed by atoms with Gasteiger partial charge in [-0.25, -0.2) is 0 Å². The third-order valence-electron chi connectivity index (χ3n) is 3.09. The topological polar surface area (TPSA) is 27.0 Å². The molecule has 0 unspecified atom stereocenters. The Morgan fingerprint density at radius 3 is 2.48 bits per heavy atom. The fourth-order valence-electron chi connectivity index (χ4n) is 2.02. The van der Waals surface area contributed by atoms with Crippen LogP contribution in [0.4, 0.5) is 18.9 Å². The number of benzene rings is 2. The lowest BCUT2D eigenvalue weighted by Gasteiger charge is -2.20. The van der Waals surface area contributed by atoms with Crippen molar-refractivity contribution in [1.29, 1.82) is 5.26 Å². The predicted molar refractivity (Wildman–Crippen MR) is 74.7 cm³/mol. The molecule has 2 aromatic carbocycles. The minimum atomic E-state index is -4.34. The maximum absolute atomic E-state index is 12.7. The Hall–Kier alpha value is -2.48. The third-order valence-corrected chi connectivity index (χ3v) is 3.09. The van der Waals surface area contributed by atoms with Gasteiger partial charge in [0.05, 0.1) is 17.2 Å². The van der Waals surface area contributed by atoms with Gasteiger partial charge >= 0.3 is 6.18 Å². The Bertz CT molecular complexity index is 672. The first-order chi connectivity index (χ1) is 9.90. The lowest BCUT2D eigenvalue weighted by molar-refractivity contribution is -0.137. The molecule has 0 N–H and O–H groups in total. The zero-order valence-corrected chi connectivity index (χ0v) is 11.4. The molecule has 0 saturated carbocycles. The molecule has 0 aromatic heterocycles. The van der Waals surface area contributed by atoms with E-state index in [4.69, 9.17) is 5.26 Å². The minimum Gasteiger partial charge on any atom is -0.370 e. The van der Waals surface area contributed by atoms with E-state index in [9.17, 15) is 13.2 Å². The highest BCUT2D eigenvalue weighted by molar-refractivity contribution is 5.51. The number of hydrogen-bond acceptors (Lipinski definition) is 2. The van der Waals surface area contributed by atoms with Crippen LogP contribution in [0.25, 0.3) is 0 Å². The summed E-state index contributed by atoms with van der Waals surface area (Å²) in [6.45, 7) is 0.332. The van der Waals surface area contributed by atoms with E-state index in [2.05, 4.69) is 0 Å². The summed E-state index contributed by atoms with van der Waals surface area (Å²) in [7, 11) is 1.77. The highest BCUT2D eigenvalue weighted by atomic mass is 19.4. The molecule has 2 rings (SSSR count). The van der Waals surface area contributed by atoms with E-state index in [0.29, 0.717) is 17.7 Å². The Labute approximate surface area is 121 Å². The van der Waals surface area contributed by atoms with Gasteiger partial charge in [0.15, 0.2) is 0 Å². The summed E-state index contributed by atoms with van der Waals surface area (Å²) in [6, 6.07) is 14.2. The van der Waals surface area contributed by atoms with E-state index < -0.39 is 11.7 Å². The number of alkyl halides is 3. The fraction of sp³-hybridized carbons (Fsp3) is 0.188. The summed E-state index contributed by atoms with van der Waals surface area (Å²) in [4.78, 5) is 1.80. The van der Waals surface area contributed by atoms with Gasteiger partial charge in [-0.1, -0.05) is 18.2 Å². The van der Waals surface area contributed by atoms with Gasteiger partial charge in [-0.05, 0) is 35.9 Å². The Balaban J connectivity index is 2.20. The molecule has 108 valence electrons. The summed E-state index contributed by atoms with van der Waals surface area (Å²) >= 11 is 0. The molecule has 0 aliphatic rings. The Morgan fingerprint density at radius 2 is 1.81 bits per heavy atom. The van der Waals surface area contributed by atoms with Crippen LogP contribution < -0.4 is 4.90 Å². The zero-order valence-electron chi connectivity index (χ0n) is 11.4. The van der Waals surface area contributed by atoms with E-state index in [1.807, 2.05) is 12.1 Å². The number of rotatable bonds is 3. The fourth-order valence-corrected chi connectivity index (χ4v) is 2.02. The van der Waals surface area contributed by atoms with Crippen LogP contribution in [0.15, 0.2) is 48.5 Å². The summed E-state index contributed by atoms with van der Waals surface area (Å²) in [5, 5.41) is 8.87. The lowest BCUT2D eigenvalue weighted by Crippen LogP contribution is -2.17. The van der Waals surface area contributed by atoms with Gasteiger partial charge in [0, 0.05) is 19.3 Å². The summed E-state index contributed by atoms with van der Waals surface area (Å²) in [5.74, 6) is 0. The largest absolute Gasteiger partial charge is 0.416 e. The van der Waals surface area contributed by atoms with E-state index in [-0.39, 0.29) is 0 Å².